The minimum atomic E-state index is -0.246. The Morgan fingerprint density at radius 1 is 1.12 bits per heavy atom. The van der Waals surface area contributed by atoms with Crippen LogP contribution < -0.4 is 4.74 Å². The molecule has 24 heavy (non-hydrogen) atoms. The maximum absolute atomic E-state index is 12.9. The summed E-state index contributed by atoms with van der Waals surface area (Å²) in [5.74, 6) is 0.865. The van der Waals surface area contributed by atoms with Gasteiger partial charge in [-0.2, -0.15) is 0 Å². The zero-order valence-corrected chi connectivity index (χ0v) is 17.3. The third-order valence-electron chi connectivity index (χ3n) is 4.15. The zero-order valence-electron chi connectivity index (χ0n) is 13.0. The van der Waals surface area contributed by atoms with Crippen LogP contribution in [-0.2, 0) is 6.54 Å². The number of ether oxygens (including phenoxy) is 1. The van der Waals surface area contributed by atoms with Crippen molar-refractivity contribution in [2.75, 3.05) is 13.1 Å². The van der Waals surface area contributed by atoms with Gasteiger partial charge in [0.2, 0.25) is 0 Å². The van der Waals surface area contributed by atoms with Gasteiger partial charge in [0.1, 0.15) is 23.4 Å². The first kappa shape index (κ1) is 18.2. The summed E-state index contributed by atoms with van der Waals surface area (Å²) in [5, 5.41) is 10.2. The number of phenolic OH excluding ortho intramolecular Hbond substituents is 1. The van der Waals surface area contributed by atoms with E-state index in [-0.39, 0.29) is 11.9 Å². The van der Waals surface area contributed by atoms with Crippen molar-refractivity contribution in [3.8, 4) is 11.5 Å². The van der Waals surface area contributed by atoms with Crippen molar-refractivity contribution in [1.82, 2.24) is 4.90 Å². The van der Waals surface area contributed by atoms with Crippen molar-refractivity contribution >= 4 is 45.2 Å². The monoisotopic (exact) mass is 553 g/mol. The molecule has 0 atom stereocenters. The molecule has 0 amide bonds. The predicted octanol–water partition coefficient (Wildman–Crippen LogP) is 4.78. The van der Waals surface area contributed by atoms with E-state index in [9.17, 15) is 9.50 Å². The number of rotatable bonds is 4. The molecule has 1 saturated heterocycles. The number of hydrogen-bond acceptors (Lipinski definition) is 3. The average molecular weight is 553 g/mol. The van der Waals surface area contributed by atoms with Crippen LogP contribution in [0.1, 0.15) is 18.4 Å². The van der Waals surface area contributed by atoms with Crippen molar-refractivity contribution in [3.63, 3.8) is 0 Å². The predicted molar refractivity (Wildman–Crippen MR) is 109 cm³/mol. The third-order valence-corrected chi connectivity index (χ3v) is 5.60. The lowest BCUT2D eigenvalue weighted by atomic mass is 10.1. The lowest BCUT2D eigenvalue weighted by Crippen LogP contribution is -2.37. The zero-order chi connectivity index (χ0) is 17.1. The van der Waals surface area contributed by atoms with Gasteiger partial charge in [-0.25, -0.2) is 4.39 Å². The Balaban J connectivity index is 1.55. The summed E-state index contributed by atoms with van der Waals surface area (Å²) in [6.07, 6.45) is 2.02. The quantitative estimate of drug-likeness (QED) is 0.554. The number of hydrogen-bond donors (Lipinski definition) is 1. The van der Waals surface area contributed by atoms with Crippen LogP contribution in [0, 0.1) is 13.0 Å². The fourth-order valence-corrected chi connectivity index (χ4v) is 4.84. The molecule has 0 aliphatic carbocycles. The summed E-state index contributed by atoms with van der Waals surface area (Å²) in [6, 6.07) is 10.2. The number of halogens is 3. The SMILES string of the molecule is Oc1c(I)cc(I)cc1CN1CCC(Oc2ccc(F)cc2)CC1. The van der Waals surface area contributed by atoms with Crippen molar-refractivity contribution in [2.24, 2.45) is 0 Å². The molecule has 1 aliphatic rings. The summed E-state index contributed by atoms with van der Waals surface area (Å²) in [7, 11) is 0. The van der Waals surface area contributed by atoms with E-state index in [1.807, 2.05) is 12.1 Å². The van der Waals surface area contributed by atoms with E-state index in [2.05, 4.69) is 50.1 Å². The minimum Gasteiger partial charge on any atom is -0.507 e. The van der Waals surface area contributed by atoms with E-state index in [4.69, 9.17) is 4.74 Å². The van der Waals surface area contributed by atoms with Crippen molar-refractivity contribution in [2.45, 2.75) is 25.5 Å². The molecule has 0 saturated carbocycles. The number of aromatic hydroxyl groups is 1. The van der Waals surface area contributed by atoms with Gasteiger partial charge in [0.05, 0.1) is 3.57 Å². The van der Waals surface area contributed by atoms with Gasteiger partial charge in [0, 0.05) is 28.8 Å². The topological polar surface area (TPSA) is 32.7 Å². The van der Waals surface area contributed by atoms with Crippen molar-refractivity contribution < 1.29 is 14.2 Å². The average Bonchev–Trinajstić information content (AvgIpc) is 2.56. The Kier molecular flexibility index (Phi) is 6.20. The molecule has 2 aromatic rings. The fraction of sp³-hybridized carbons (Fsp3) is 0.333. The van der Waals surface area contributed by atoms with Crippen LogP contribution in [0.5, 0.6) is 11.5 Å². The Labute approximate surface area is 168 Å². The molecule has 1 N–H and O–H groups in total. The maximum atomic E-state index is 12.9. The number of nitrogens with zero attached hydrogens (tertiary/aromatic N) is 1. The minimum absolute atomic E-state index is 0.163. The van der Waals surface area contributed by atoms with Crippen LogP contribution in [0.3, 0.4) is 0 Å². The molecule has 0 aromatic heterocycles. The highest BCUT2D eigenvalue weighted by Crippen LogP contribution is 2.29. The Morgan fingerprint density at radius 3 is 2.46 bits per heavy atom. The van der Waals surface area contributed by atoms with E-state index in [1.54, 1.807) is 12.1 Å². The standard InChI is InChI=1S/C18H18FI2NO2/c19-13-1-3-15(4-2-13)24-16-5-7-22(8-6-16)11-12-9-14(20)10-17(21)18(12)23/h1-4,9-10,16,23H,5-8,11H2. The van der Waals surface area contributed by atoms with Gasteiger partial charge < -0.3 is 9.84 Å². The van der Waals surface area contributed by atoms with Crippen molar-refractivity contribution in [3.05, 3.63) is 54.9 Å². The summed E-state index contributed by atoms with van der Waals surface area (Å²) in [4.78, 5) is 2.34. The van der Waals surface area contributed by atoms with E-state index in [0.29, 0.717) is 5.75 Å². The van der Waals surface area contributed by atoms with Crippen molar-refractivity contribution in [1.29, 1.82) is 0 Å². The first-order valence-corrected chi connectivity index (χ1v) is 9.98. The highest BCUT2D eigenvalue weighted by Gasteiger charge is 2.22. The smallest absolute Gasteiger partial charge is 0.133 e. The first-order valence-electron chi connectivity index (χ1n) is 7.83. The second kappa shape index (κ2) is 8.18. The maximum Gasteiger partial charge on any atom is 0.133 e. The summed E-state index contributed by atoms with van der Waals surface area (Å²) in [6.45, 7) is 2.60. The van der Waals surface area contributed by atoms with Gasteiger partial charge in [-0.3, -0.25) is 4.90 Å². The molecular weight excluding hydrogens is 535 g/mol. The molecule has 128 valence electrons. The lowest BCUT2D eigenvalue weighted by molar-refractivity contribution is 0.0963. The van der Waals surface area contributed by atoms with Crippen LogP contribution in [0.15, 0.2) is 36.4 Å². The molecule has 0 bridgehead atoms. The van der Waals surface area contributed by atoms with Gasteiger partial charge in [-0.1, -0.05) is 0 Å². The first-order chi connectivity index (χ1) is 11.5. The third kappa shape index (κ3) is 4.72. The number of likely N-dealkylation sites (tertiary alicyclic amines) is 1. The molecule has 3 nitrogen and oxygen atoms in total. The molecule has 2 aromatic carbocycles. The van der Waals surface area contributed by atoms with Crippen LogP contribution in [0.4, 0.5) is 4.39 Å². The van der Waals surface area contributed by atoms with Gasteiger partial charge in [-0.15, -0.1) is 0 Å². The molecule has 0 unspecified atom stereocenters. The number of phenols is 1. The van der Waals surface area contributed by atoms with Crippen LogP contribution in [0.2, 0.25) is 0 Å². The molecular formula is C18H18FI2NO2. The molecule has 0 spiro atoms. The molecule has 1 aliphatic heterocycles. The Hall–Kier alpha value is -0.610. The number of benzene rings is 2. The Bertz CT molecular complexity index is 701. The van der Waals surface area contributed by atoms with E-state index in [0.717, 1.165) is 50.9 Å². The summed E-state index contributed by atoms with van der Waals surface area (Å²) < 4.78 is 20.9. The van der Waals surface area contributed by atoms with Gasteiger partial charge in [0.25, 0.3) is 0 Å². The lowest BCUT2D eigenvalue weighted by Gasteiger charge is -2.32. The number of piperidine rings is 1. The van der Waals surface area contributed by atoms with Crippen LogP contribution >= 0.6 is 45.2 Å². The normalized spacial score (nSPS) is 16.3. The van der Waals surface area contributed by atoms with Gasteiger partial charge in [0.15, 0.2) is 0 Å². The van der Waals surface area contributed by atoms with Gasteiger partial charge >= 0.3 is 0 Å². The summed E-state index contributed by atoms with van der Waals surface area (Å²) in [5.41, 5.74) is 0.976. The summed E-state index contributed by atoms with van der Waals surface area (Å²) >= 11 is 4.45. The van der Waals surface area contributed by atoms with Crippen LogP contribution in [0.25, 0.3) is 0 Å². The molecule has 0 radical (unpaired) electrons. The molecule has 1 heterocycles. The Morgan fingerprint density at radius 2 is 1.79 bits per heavy atom. The largest absolute Gasteiger partial charge is 0.507 e. The van der Waals surface area contributed by atoms with Gasteiger partial charge in [-0.05, 0) is 94.4 Å². The van der Waals surface area contributed by atoms with Crippen LogP contribution in [-0.4, -0.2) is 29.2 Å². The molecule has 1 fully saturated rings. The highest BCUT2D eigenvalue weighted by atomic mass is 127. The van der Waals surface area contributed by atoms with E-state index in [1.165, 1.54) is 12.1 Å². The second-order valence-electron chi connectivity index (χ2n) is 5.94. The van der Waals surface area contributed by atoms with E-state index < -0.39 is 0 Å². The fourth-order valence-electron chi connectivity index (χ4n) is 2.87. The second-order valence-corrected chi connectivity index (χ2v) is 8.35. The molecule has 6 heteroatoms. The molecule has 3 rings (SSSR count). The van der Waals surface area contributed by atoms with E-state index >= 15 is 0 Å². The highest BCUT2D eigenvalue weighted by molar-refractivity contribution is 14.1.